The maximum Gasteiger partial charge on any atom is 0.146 e. The topological polar surface area (TPSA) is 50.9 Å². The molecule has 16 heavy (non-hydrogen) atoms. The minimum absolute atomic E-state index is 0.325. The Morgan fingerprint density at radius 1 is 1.44 bits per heavy atom. The highest BCUT2D eigenvalue weighted by Gasteiger charge is 2.18. The second kappa shape index (κ2) is 4.69. The summed E-state index contributed by atoms with van der Waals surface area (Å²) >= 11 is 1.58. The number of nitrogens with zero attached hydrogens (tertiary/aromatic N) is 1. The summed E-state index contributed by atoms with van der Waals surface area (Å²) in [5, 5.41) is 3.98. The molecule has 3 N–H and O–H groups in total. The highest BCUT2D eigenvalue weighted by atomic mass is 32.1. The molecular weight excluding hydrogens is 225 g/mol. The first kappa shape index (κ1) is 11.2. The Morgan fingerprint density at radius 3 is 2.81 bits per heavy atom. The lowest BCUT2D eigenvalue weighted by molar-refractivity contribution is 0.555. The Labute approximate surface area is 97.1 Å². The number of rotatable bonds is 3. The van der Waals surface area contributed by atoms with E-state index >= 15 is 0 Å². The Bertz CT molecular complexity index is 484. The first-order valence-electron chi connectivity index (χ1n) is 4.82. The number of nitrogens with two attached hydrogens (primary N) is 1. The van der Waals surface area contributed by atoms with Crippen LogP contribution in [0, 0.1) is 12.7 Å². The number of hydrazine groups is 1. The van der Waals surface area contributed by atoms with E-state index in [1.165, 1.54) is 6.20 Å². The molecule has 0 fully saturated rings. The van der Waals surface area contributed by atoms with Gasteiger partial charge in [-0.3, -0.25) is 10.8 Å². The Hall–Kier alpha value is -1.30. The van der Waals surface area contributed by atoms with Gasteiger partial charge < -0.3 is 0 Å². The molecule has 3 nitrogen and oxygen atoms in total. The van der Waals surface area contributed by atoms with E-state index < -0.39 is 0 Å². The van der Waals surface area contributed by atoms with Crippen LogP contribution in [-0.2, 0) is 0 Å². The largest absolute Gasteiger partial charge is 0.271 e. The summed E-state index contributed by atoms with van der Waals surface area (Å²) in [5.74, 6) is 5.15. The highest BCUT2D eigenvalue weighted by Crippen LogP contribution is 2.27. The van der Waals surface area contributed by atoms with Gasteiger partial charge >= 0.3 is 0 Å². The molecule has 0 amide bonds. The number of aromatic nitrogens is 1. The molecule has 0 aliphatic heterocycles. The van der Waals surface area contributed by atoms with Crippen molar-refractivity contribution < 1.29 is 4.39 Å². The molecule has 2 heterocycles. The molecule has 2 aromatic rings. The van der Waals surface area contributed by atoms with E-state index in [-0.39, 0.29) is 11.9 Å². The SMILES string of the molecule is Cc1cscc1C(NN)c1ccncc1F. The van der Waals surface area contributed by atoms with Gasteiger partial charge in [0.05, 0.1) is 12.2 Å². The average Bonchev–Trinajstić information content (AvgIpc) is 2.69. The lowest BCUT2D eigenvalue weighted by Crippen LogP contribution is -2.29. The molecule has 0 saturated heterocycles. The van der Waals surface area contributed by atoms with Crippen molar-refractivity contribution in [1.82, 2.24) is 10.4 Å². The van der Waals surface area contributed by atoms with Gasteiger partial charge in [-0.15, -0.1) is 0 Å². The third kappa shape index (κ3) is 1.97. The van der Waals surface area contributed by atoms with Crippen molar-refractivity contribution in [2.45, 2.75) is 13.0 Å². The van der Waals surface area contributed by atoms with Gasteiger partial charge in [-0.1, -0.05) is 0 Å². The summed E-state index contributed by atoms with van der Waals surface area (Å²) < 4.78 is 13.6. The lowest BCUT2D eigenvalue weighted by atomic mass is 10.00. The third-order valence-electron chi connectivity index (χ3n) is 2.49. The monoisotopic (exact) mass is 237 g/mol. The molecule has 0 bridgehead atoms. The van der Waals surface area contributed by atoms with Crippen molar-refractivity contribution in [2.24, 2.45) is 5.84 Å². The molecule has 0 aliphatic rings. The van der Waals surface area contributed by atoms with Gasteiger partial charge in [0.2, 0.25) is 0 Å². The number of halogens is 1. The van der Waals surface area contributed by atoms with Crippen molar-refractivity contribution in [2.75, 3.05) is 0 Å². The fourth-order valence-corrected chi connectivity index (χ4v) is 2.51. The zero-order valence-electron chi connectivity index (χ0n) is 8.77. The number of thiophene rings is 1. The standard InChI is InChI=1S/C11H12FN3S/c1-7-5-16-6-9(7)11(15-13)8-2-3-14-4-10(8)12/h2-6,11,15H,13H2,1H3. The van der Waals surface area contributed by atoms with Gasteiger partial charge in [-0.05, 0) is 34.9 Å². The second-order valence-corrected chi connectivity index (χ2v) is 4.25. The van der Waals surface area contributed by atoms with Gasteiger partial charge in [0.1, 0.15) is 5.82 Å². The van der Waals surface area contributed by atoms with E-state index in [0.29, 0.717) is 5.56 Å². The Balaban J connectivity index is 2.45. The molecule has 0 aliphatic carbocycles. The summed E-state index contributed by atoms with van der Waals surface area (Å²) in [4.78, 5) is 3.72. The first-order chi connectivity index (χ1) is 7.74. The Kier molecular flexibility index (Phi) is 3.28. The van der Waals surface area contributed by atoms with Crippen molar-refractivity contribution in [1.29, 1.82) is 0 Å². The smallest absolute Gasteiger partial charge is 0.146 e. The third-order valence-corrected chi connectivity index (χ3v) is 3.37. The van der Waals surface area contributed by atoms with Crippen LogP contribution < -0.4 is 11.3 Å². The molecule has 1 unspecified atom stereocenters. The first-order valence-corrected chi connectivity index (χ1v) is 5.76. The molecular formula is C11H12FN3S. The van der Waals surface area contributed by atoms with Crippen molar-refractivity contribution in [3.05, 3.63) is 51.7 Å². The van der Waals surface area contributed by atoms with Gasteiger partial charge in [0.25, 0.3) is 0 Å². The minimum Gasteiger partial charge on any atom is -0.271 e. The second-order valence-electron chi connectivity index (χ2n) is 3.51. The maximum atomic E-state index is 13.6. The van der Waals surface area contributed by atoms with Crippen molar-refractivity contribution >= 4 is 11.3 Å². The summed E-state index contributed by atoms with van der Waals surface area (Å²) in [5.41, 5.74) is 5.25. The fraction of sp³-hybridized carbons (Fsp3) is 0.182. The van der Waals surface area contributed by atoms with Crippen LogP contribution in [0.2, 0.25) is 0 Å². The summed E-state index contributed by atoms with van der Waals surface area (Å²) in [6.07, 6.45) is 2.76. The van der Waals surface area contributed by atoms with E-state index in [4.69, 9.17) is 5.84 Å². The van der Waals surface area contributed by atoms with Crippen LogP contribution in [0.25, 0.3) is 0 Å². The van der Waals surface area contributed by atoms with E-state index in [9.17, 15) is 4.39 Å². The molecule has 0 aromatic carbocycles. The average molecular weight is 237 g/mol. The number of aryl methyl sites for hydroxylation is 1. The highest BCUT2D eigenvalue weighted by molar-refractivity contribution is 7.08. The lowest BCUT2D eigenvalue weighted by Gasteiger charge is -2.16. The fourth-order valence-electron chi connectivity index (χ4n) is 1.63. The number of hydrogen-bond donors (Lipinski definition) is 2. The molecule has 2 rings (SSSR count). The van der Waals surface area contributed by atoms with Gasteiger partial charge in [-0.2, -0.15) is 11.3 Å². The van der Waals surface area contributed by atoms with Crippen LogP contribution in [0.1, 0.15) is 22.7 Å². The van der Waals surface area contributed by atoms with Crippen molar-refractivity contribution in [3.8, 4) is 0 Å². The molecule has 2 aromatic heterocycles. The van der Waals surface area contributed by atoms with Crippen LogP contribution in [0.3, 0.4) is 0 Å². The normalized spacial score (nSPS) is 12.7. The summed E-state index contributed by atoms with van der Waals surface area (Å²) in [6, 6.07) is 1.31. The molecule has 0 saturated carbocycles. The maximum absolute atomic E-state index is 13.6. The number of hydrogen-bond acceptors (Lipinski definition) is 4. The van der Waals surface area contributed by atoms with Gasteiger partial charge in [-0.25, -0.2) is 9.82 Å². The van der Waals surface area contributed by atoms with Gasteiger partial charge in [0.15, 0.2) is 0 Å². The Morgan fingerprint density at radius 2 is 2.25 bits per heavy atom. The molecule has 0 radical (unpaired) electrons. The van der Waals surface area contributed by atoms with Gasteiger partial charge in [0, 0.05) is 11.8 Å². The molecule has 0 spiro atoms. The van der Waals surface area contributed by atoms with Crippen molar-refractivity contribution in [3.63, 3.8) is 0 Å². The van der Waals surface area contributed by atoms with E-state index in [1.807, 2.05) is 17.7 Å². The predicted octanol–water partition coefficient (Wildman–Crippen LogP) is 2.14. The predicted molar refractivity (Wildman–Crippen MR) is 62.4 cm³/mol. The minimum atomic E-state index is -0.351. The van der Waals surface area contributed by atoms with Crippen LogP contribution in [0.15, 0.2) is 29.2 Å². The zero-order chi connectivity index (χ0) is 11.5. The molecule has 1 atom stereocenters. The van der Waals surface area contributed by atoms with E-state index in [0.717, 1.165) is 11.1 Å². The van der Waals surface area contributed by atoms with Crippen LogP contribution in [0.5, 0.6) is 0 Å². The zero-order valence-corrected chi connectivity index (χ0v) is 9.59. The number of pyridine rings is 1. The van der Waals surface area contributed by atoms with E-state index in [2.05, 4.69) is 10.4 Å². The van der Waals surface area contributed by atoms with Crippen LogP contribution in [0.4, 0.5) is 4.39 Å². The number of nitrogens with one attached hydrogen (secondary N) is 1. The quantitative estimate of drug-likeness (QED) is 0.635. The van der Waals surface area contributed by atoms with Crippen LogP contribution in [-0.4, -0.2) is 4.98 Å². The summed E-state index contributed by atoms with van der Waals surface area (Å²) in [7, 11) is 0. The molecule has 5 heteroatoms. The van der Waals surface area contributed by atoms with Crippen LogP contribution >= 0.6 is 11.3 Å². The van der Waals surface area contributed by atoms with E-state index in [1.54, 1.807) is 23.6 Å². The summed E-state index contributed by atoms with van der Waals surface area (Å²) in [6.45, 7) is 1.98. The molecule has 84 valence electrons.